The molecule has 0 amide bonds. The molecule has 6 nitrogen and oxygen atoms in total. The summed E-state index contributed by atoms with van der Waals surface area (Å²) >= 11 is 5.91. The van der Waals surface area contributed by atoms with E-state index in [1.54, 1.807) is 36.4 Å². The number of nitrogens with zero attached hydrogens (tertiary/aromatic N) is 2. The van der Waals surface area contributed by atoms with Gasteiger partial charge in [-0.3, -0.25) is 10.4 Å². The summed E-state index contributed by atoms with van der Waals surface area (Å²) in [5.74, 6) is 1.26. The van der Waals surface area contributed by atoms with Crippen molar-refractivity contribution in [3.63, 3.8) is 0 Å². The SMILES string of the molecule is N=C=C(C=Nc1ccccc1C(=O)O)c1nc2cc(Cl)ccc2o1. The number of oxazole rings is 1. The second kappa shape index (κ2) is 6.50. The van der Waals surface area contributed by atoms with Crippen LogP contribution in [0.2, 0.25) is 5.02 Å². The van der Waals surface area contributed by atoms with E-state index >= 15 is 0 Å². The molecule has 24 heavy (non-hydrogen) atoms. The largest absolute Gasteiger partial charge is 0.478 e. The summed E-state index contributed by atoms with van der Waals surface area (Å²) in [7, 11) is 0. The molecule has 0 aliphatic carbocycles. The summed E-state index contributed by atoms with van der Waals surface area (Å²) in [6, 6.07) is 11.3. The predicted molar refractivity (Wildman–Crippen MR) is 91.7 cm³/mol. The standard InChI is InChI=1S/C17H10ClN3O3/c18-11-5-6-15-14(7-11)21-16(24-15)10(8-19)9-20-13-4-2-1-3-12(13)17(22)23/h1-7,9,19H,(H,22,23). The average molecular weight is 340 g/mol. The average Bonchev–Trinajstić information content (AvgIpc) is 2.98. The van der Waals surface area contributed by atoms with Crippen LogP contribution in [0.3, 0.4) is 0 Å². The maximum atomic E-state index is 11.2. The Morgan fingerprint density at radius 1 is 1.33 bits per heavy atom. The Hall–Kier alpha value is -3.21. The van der Waals surface area contributed by atoms with Gasteiger partial charge in [-0.05, 0) is 36.2 Å². The second-order valence-corrected chi connectivity index (χ2v) is 5.19. The van der Waals surface area contributed by atoms with Crippen molar-refractivity contribution in [2.24, 2.45) is 4.99 Å². The van der Waals surface area contributed by atoms with E-state index in [0.29, 0.717) is 16.1 Å². The molecule has 0 saturated carbocycles. The minimum absolute atomic E-state index is 0.0578. The molecule has 0 spiro atoms. The summed E-state index contributed by atoms with van der Waals surface area (Å²) < 4.78 is 5.55. The number of benzene rings is 2. The third-order valence-electron chi connectivity index (χ3n) is 3.18. The molecule has 0 aliphatic rings. The number of halogens is 1. The van der Waals surface area contributed by atoms with E-state index < -0.39 is 5.97 Å². The molecule has 3 rings (SSSR count). The smallest absolute Gasteiger partial charge is 0.337 e. The zero-order chi connectivity index (χ0) is 17.1. The molecule has 118 valence electrons. The highest BCUT2D eigenvalue weighted by Crippen LogP contribution is 2.23. The van der Waals surface area contributed by atoms with Crippen LogP contribution in [0, 0.1) is 5.41 Å². The van der Waals surface area contributed by atoms with Gasteiger partial charge < -0.3 is 9.52 Å². The van der Waals surface area contributed by atoms with Crippen LogP contribution >= 0.6 is 11.6 Å². The lowest BCUT2D eigenvalue weighted by atomic mass is 10.2. The first kappa shape index (κ1) is 15.7. The molecule has 1 heterocycles. The van der Waals surface area contributed by atoms with Crippen molar-refractivity contribution < 1.29 is 14.3 Å². The lowest BCUT2D eigenvalue weighted by molar-refractivity contribution is 0.0698. The van der Waals surface area contributed by atoms with Gasteiger partial charge in [0.1, 0.15) is 11.1 Å². The number of aromatic nitrogens is 1. The Balaban J connectivity index is 1.98. The van der Waals surface area contributed by atoms with Crippen LogP contribution in [0.15, 0.2) is 51.9 Å². The lowest BCUT2D eigenvalue weighted by Gasteiger charge is -1.99. The van der Waals surface area contributed by atoms with Crippen molar-refractivity contribution in [3.05, 3.63) is 58.9 Å². The minimum Gasteiger partial charge on any atom is -0.478 e. The van der Waals surface area contributed by atoms with Crippen molar-refractivity contribution in [2.45, 2.75) is 0 Å². The highest BCUT2D eigenvalue weighted by atomic mass is 35.5. The number of carbonyl (C=O) groups is 1. The van der Waals surface area contributed by atoms with Crippen molar-refractivity contribution in [1.82, 2.24) is 4.98 Å². The fraction of sp³-hybridized carbons (Fsp3) is 0. The molecule has 0 unspecified atom stereocenters. The van der Waals surface area contributed by atoms with E-state index in [1.165, 1.54) is 12.3 Å². The lowest BCUT2D eigenvalue weighted by Crippen LogP contribution is -1.96. The fourth-order valence-electron chi connectivity index (χ4n) is 2.06. The van der Waals surface area contributed by atoms with E-state index in [9.17, 15) is 4.79 Å². The Kier molecular flexibility index (Phi) is 4.24. The summed E-state index contributed by atoms with van der Waals surface area (Å²) in [4.78, 5) is 19.5. The van der Waals surface area contributed by atoms with E-state index in [-0.39, 0.29) is 22.7 Å². The quantitative estimate of drug-likeness (QED) is 0.695. The van der Waals surface area contributed by atoms with Crippen molar-refractivity contribution >= 4 is 52.0 Å². The number of nitrogens with one attached hydrogen (secondary N) is 1. The van der Waals surface area contributed by atoms with Gasteiger partial charge in [0.15, 0.2) is 5.58 Å². The molecule has 0 saturated heterocycles. The number of carboxylic acid groups (broad SMARTS) is 1. The van der Waals surface area contributed by atoms with E-state index in [4.69, 9.17) is 26.5 Å². The normalized spacial score (nSPS) is 10.9. The van der Waals surface area contributed by atoms with Crippen LogP contribution in [0.25, 0.3) is 16.7 Å². The molecule has 0 bridgehead atoms. The highest BCUT2D eigenvalue weighted by Gasteiger charge is 2.11. The Bertz CT molecular complexity index is 1020. The molecular formula is C17H10ClN3O3. The van der Waals surface area contributed by atoms with Gasteiger partial charge in [-0.1, -0.05) is 23.7 Å². The van der Waals surface area contributed by atoms with Gasteiger partial charge in [0.2, 0.25) is 5.89 Å². The number of rotatable bonds is 4. The number of aliphatic imine (C=N–C) groups is 1. The molecule has 2 aromatic carbocycles. The molecule has 0 radical (unpaired) electrons. The van der Waals surface area contributed by atoms with Crippen molar-refractivity contribution in [3.8, 4) is 0 Å². The molecule has 1 aromatic heterocycles. The molecule has 7 heteroatoms. The summed E-state index contributed by atoms with van der Waals surface area (Å²) in [5, 5.41) is 17.1. The van der Waals surface area contributed by atoms with Crippen LogP contribution in [-0.4, -0.2) is 28.1 Å². The third kappa shape index (κ3) is 3.10. The van der Waals surface area contributed by atoms with Gasteiger partial charge in [0.05, 0.1) is 11.3 Å². The Morgan fingerprint density at radius 3 is 2.88 bits per heavy atom. The number of allylic oxidation sites excluding steroid dienone is 1. The van der Waals surface area contributed by atoms with Gasteiger partial charge in [0.25, 0.3) is 0 Å². The summed E-state index contributed by atoms with van der Waals surface area (Å²) in [5.41, 5.74) is 1.56. The van der Waals surface area contributed by atoms with Crippen LogP contribution < -0.4 is 0 Å². The minimum atomic E-state index is -1.08. The van der Waals surface area contributed by atoms with Gasteiger partial charge in [-0.2, -0.15) is 0 Å². The maximum absolute atomic E-state index is 11.2. The second-order valence-electron chi connectivity index (χ2n) is 4.75. The number of aromatic carboxylic acids is 1. The van der Waals surface area contributed by atoms with Crippen molar-refractivity contribution in [1.29, 1.82) is 5.41 Å². The molecule has 0 fully saturated rings. The molecule has 0 aliphatic heterocycles. The van der Waals surface area contributed by atoms with E-state index in [2.05, 4.69) is 15.8 Å². The molecule has 2 N–H and O–H groups in total. The van der Waals surface area contributed by atoms with Gasteiger partial charge >= 0.3 is 5.97 Å². The van der Waals surface area contributed by atoms with Gasteiger partial charge in [0, 0.05) is 11.2 Å². The zero-order valence-corrected chi connectivity index (χ0v) is 12.9. The predicted octanol–water partition coefficient (Wildman–Crippen LogP) is 4.21. The van der Waals surface area contributed by atoms with Crippen LogP contribution in [0.1, 0.15) is 16.2 Å². The number of hydrogen-bond donors (Lipinski definition) is 2. The first-order chi connectivity index (χ1) is 11.6. The number of hydrogen-bond acceptors (Lipinski definition) is 5. The monoisotopic (exact) mass is 339 g/mol. The van der Waals surface area contributed by atoms with Crippen LogP contribution in [0.5, 0.6) is 0 Å². The van der Waals surface area contributed by atoms with Crippen LogP contribution in [0.4, 0.5) is 5.69 Å². The topological polar surface area (TPSA) is 99.5 Å². The summed E-state index contributed by atoms with van der Waals surface area (Å²) in [6.07, 6.45) is 1.29. The zero-order valence-electron chi connectivity index (χ0n) is 12.2. The first-order valence-electron chi connectivity index (χ1n) is 6.81. The molecular weight excluding hydrogens is 330 g/mol. The molecule has 0 atom stereocenters. The fourth-order valence-corrected chi connectivity index (χ4v) is 2.22. The Labute approximate surface area is 141 Å². The highest BCUT2D eigenvalue weighted by molar-refractivity contribution is 6.31. The van der Waals surface area contributed by atoms with E-state index in [0.717, 1.165) is 0 Å². The van der Waals surface area contributed by atoms with E-state index in [1.807, 2.05) is 0 Å². The number of carboxylic acids is 1. The van der Waals surface area contributed by atoms with Crippen LogP contribution in [-0.2, 0) is 0 Å². The van der Waals surface area contributed by atoms with Gasteiger partial charge in [-0.25, -0.2) is 9.78 Å². The molecule has 3 aromatic rings. The Morgan fingerprint density at radius 2 is 2.12 bits per heavy atom. The number of para-hydroxylation sites is 1. The maximum Gasteiger partial charge on any atom is 0.337 e. The van der Waals surface area contributed by atoms with Gasteiger partial charge in [-0.15, -0.1) is 0 Å². The number of fused-ring (bicyclic) bond motifs is 1. The third-order valence-corrected chi connectivity index (χ3v) is 3.42. The summed E-state index contributed by atoms with van der Waals surface area (Å²) in [6.45, 7) is 0. The van der Waals surface area contributed by atoms with Crippen molar-refractivity contribution in [2.75, 3.05) is 0 Å². The first-order valence-corrected chi connectivity index (χ1v) is 7.19.